The Balaban J connectivity index is 0.000000249. The lowest BCUT2D eigenvalue weighted by Gasteiger charge is -2.06. The monoisotopic (exact) mass is 582 g/mol. The third-order valence-corrected chi connectivity index (χ3v) is 6.57. The number of anilines is 2. The maximum atomic E-state index is 12.3. The quantitative estimate of drug-likeness (QED) is 0.224. The molecule has 1 amide bonds. The van der Waals surface area contributed by atoms with Crippen LogP contribution in [0.15, 0.2) is 79.3 Å². The summed E-state index contributed by atoms with van der Waals surface area (Å²) in [5.74, 6) is -0.286. The largest absolute Gasteiger partial charge is 0.464 e. The molecule has 222 valence electrons. The van der Waals surface area contributed by atoms with Crippen LogP contribution in [0.4, 0.5) is 11.4 Å². The third-order valence-electron chi connectivity index (χ3n) is 6.57. The molecule has 0 aliphatic heterocycles. The van der Waals surface area contributed by atoms with Gasteiger partial charge in [-0.2, -0.15) is 9.59 Å². The number of carbonyl (C=O) groups is 2. The van der Waals surface area contributed by atoms with E-state index in [0.717, 1.165) is 22.5 Å². The Morgan fingerprint density at radius 2 is 1.33 bits per heavy atom. The van der Waals surface area contributed by atoms with E-state index in [1.54, 1.807) is 35.5 Å². The SMILES string of the molecule is COC(=O)c1cc(-c2ccc(NC(=O)c3nc(C)cn3C)cc2)cn1C.Cc1cc(-c2ccc(N)cc2)cn1C.O=C=O. The maximum absolute atomic E-state index is 12.3. The van der Waals surface area contributed by atoms with Crippen LogP contribution in [0.3, 0.4) is 0 Å². The number of ether oxygens (including phenoxy) is 1. The lowest BCUT2D eigenvalue weighted by molar-refractivity contribution is -0.191. The summed E-state index contributed by atoms with van der Waals surface area (Å²) in [4.78, 5) is 44.5. The molecule has 3 N–H and O–H groups in total. The first-order chi connectivity index (χ1) is 20.5. The Morgan fingerprint density at radius 1 is 0.791 bits per heavy atom. The zero-order valence-electron chi connectivity index (χ0n) is 24.9. The van der Waals surface area contributed by atoms with Gasteiger partial charge in [0.2, 0.25) is 0 Å². The van der Waals surface area contributed by atoms with Crippen molar-refractivity contribution in [3.05, 3.63) is 102 Å². The van der Waals surface area contributed by atoms with Crippen LogP contribution in [0, 0.1) is 13.8 Å². The molecule has 0 fully saturated rings. The predicted molar refractivity (Wildman–Crippen MR) is 163 cm³/mol. The highest BCUT2D eigenvalue weighted by molar-refractivity contribution is 6.02. The van der Waals surface area contributed by atoms with Crippen molar-refractivity contribution in [1.29, 1.82) is 0 Å². The van der Waals surface area contributed by atoms with Gasteiger partial charge in [0, 0.05) is 62.4 Å². The van der Waals surface area contributed by atoms with Crippen LogP contribution in [0.5, 0.6) is 0 Å². The minimum absolute atomic E-state index is 0.250. The molecule has 0 bridgehead atoms. The summed E-state index contributed by atoms with van der Waals surface area (Å²) in [5, 5.41) is 2.83. The van der Waals surface area contributed by atoms with Gasteiger partial charge in [-0.3, -0.25) is 4.79 Å². The number of amides is 1. The van der Waals surface area contributed by atoms with Gasteiger partial charge in [0.25, 0.3) is 5.91 Å². The summed E-state index contributed by atoms with van der Waals surface area (Å²) >= 11 is 0. The van der Waals surface area contributed by atoms with Gasteiger partial charge in [-0.25, -0.2) is 9.78 Å². The molecular weight excluding hydrogens is 548 g/mol. The lowest BCUT2D eigenvalue weighted by Crippen LogP contribution is -2.16. The van der Waals surface area contributed by atoms with Crippen molar-refractivity contribution in [1.82, 2.24) is 18.7 Å². The Morgan fingerprint density at radius 3 is 1.81 bits per heavy atom. The van der Waals surface area contributed by atoms with Gasteiger partial charge in [-0.1, -0.05) is 24.3 Å². The summed E-state index contributed by atoms with van der Waals surface area (Å²) < 4.78 is 10.3. The van der Waals surface area contributed by atoms with Gasteiger partial charge in [0.1, 0.15) is 5.69 Å². The number of hydrogen-bond donors (Lipinski definition) is 2. The predicted octanol–water partition coefficient (Wildman–Crippen LogP) is 4.77. The van der Waals surface area contributed by atoms with Crippen molar-refractivity contribution in [2.45, 2.75) is 13.8 Å². The molecule has 11 nitrogen and oxygen atoms in total. The zero-order chi connectivity index (χ0) is 31.7. The highest BCUT2D eigenvalue weighted by Gasteiger charge is 2.14. The van der Waals surface area contributed by atoms with E-state index in [0.29, 0.717) is 17.2 Å². The molecule has 3 aromatic heterocycles. The van der Waals surface area contributed by atoms with Gasteiger partial charge in [-0.15, -0.1) is 0 Å². The van der Waals surface area contributed by atoms with E-state index >= 15 is 0 Å². The van der Waals surface area contributed by atoms with Crippen molar-refractivity contribution in [3.8, 4) is 22.3 Å². The molecule has 0 aliphatic carbocycles. The first-order valence-electron chi connectivity index (χ1n) is 13.1. The number of aryl methyl sites for hydroxylation is 5. The van der Waals surface area contributed by atoms with Crippen LogP contribution in [-0.4, -0.2) is 43.8 Å². The smallest absolute Gasteiger partial charge is 0.373 e. The first kappa shape index (κ1) is 31.9. The van der Waals surface area contributed by atoms with E-state index in [9.17, 15) is 9.59 Å². The normalized spacial score (nSPS) is 10.0. The Labute approximate surface area is 249 Å². The molecule has 0 aliphatic rings. The first-order valence-corrected chi connectivity index (χ1v) is 13.1. The van der Waals surface area contributed by atoms with E-state index < -0.39 is 0 Å². The summed E-state index contributed by atoms with van der Waals surface area (Å²) in [7, 11) is 6.98. The molecule has 11 heteroatoms. The van der Waals surface area contributed by atoms with Crippen LogP contribution >= 0.6 is 0 Å². The highest BCUT2D eigenvalue weighted by Crippen LogP contribution is 2.24. The van der Waals surface area contributed by atoms with Crippen molar-refractivity contribution in [2.75, 3.05) is 18.2 Å². The van der Waals surface area contributed by atoms with Crippen molar-refractivity contribution >= 4 is 29.4 Å². The fourth-order valence-corrected chi connectivity index (χ4v) is 4.30. The van der Waals surface area contributed by atoms with E-state index in [-0.39, 0.29) is 18.0 Å². The number of benzene rings is 2. The molecule has 0 unspecified atom stereocenters. The number of esters is 1. The number of carbonyl (C=O) groups excluding carboxylic acids is 4. The summed E-state index contributed by atoms with van der Waals surface area (Å²) in [6.07, 6.45) is 6.03. The van der Waals surface area contributed by atoms with Crippen molar-refractivity contribution in [3.63, 3.8) is 0 Å². The summed E-state index contributed by atoms with van der Waals surface area (Å²) in [6.45, 7) is 3.94. The van der Waals surface area contributed by atoms with E-state index in [1.807, 2.05) is 61.7 Å². The second kappa shape index (κ2) is 14.3. The van der Waals surface area contributed by atoms with Gasteiger partial charge in [-0.05, 0) is 66.9 Å². The van der Waals surface area contributed by atoms with Crippen LogP contribution in [0.1, 0.15) is 32.5 Å². The fraction of sp³-hybridized carbons (Fsp3) is 0.188. The minimum atomic E-state index is -0.381. The molecule has 0 atom stereocenters. The second-order valence-electron chi connectivity index (χ2n) is 9.75. The number of nitrogen functional groups attached to an aromatic ring is 1. The average molecular weight is 583 g/mol. The maximum Gasteiger partial charge on any atom is 0.373 e. The number of hydrogen-bond acceptors (Lipinski definition) is 7. The van der Waals surface area contributed by atoms with Gasteiger partial charge in [0.15, 0.2) is 5.82 Å². The second-order valence-corrected chi connectivity index (χ2v) is 9.75. The fourth-order valence-electron chi connectivity index (χ4n) is 4.30. The van der Waals surface area contributed by atoms with Crippen LogP contribution in [0.25, 0.3) is 22.3 Å². The van der Waals surface area contributed by atoms with Gasteiger partial charge < -0.3 is 29.5 Å². The average Bonchev–Trinajstić information content (AvgIpc) is 3.65. The van der Waals surface area contributed by atoms with Crippen LogP contribution in [0.2, 0.25) is 0 Å². The molecule has 0 spiro atoms. The summed E-state index contributed by atoms with van der Waals surface area (Å²) in [6, 6.07) is 19.3. The number of nitrogens with zero attached hydrogens (tertiary/aromatic N) is 4. The number of nitrogens with one attached hydrogen (secondary N) is 1. The number of imidazole rings is 1. The molecule has 0 radical (unpaired) electrons. The molecule has 0 saturated carbocycles. The standard InChI is InChI=1S/C19H20N4O3.C12H14N2.CO2/c1-12-10-23(3)17(20-12)18(24)21-15-7-5-13(6-8-15)14-9-16(19(25)26-4)22(2)11-14;1-9-7-11(8-14(9)2)10-3-5-12(13)6-4-10;2-1-3/h5-11H,1-4H3,(H,21,24);3-8H,13H2,1-2H3;. The highest BCUT2D eigenvalue weighted by atomic mass is 16.5. The Kier molecular flexibility index (Phi) is 10.6. The number of aromatic nitrogens is 4. The molecule has 0 saturated heterocycles. The van der Waals surface area contributed by atoms with Crippen molar-refractivity contribution in [2.24, 2.45) is 21.1 Å². The number of nitrogens with two attached hydrogens (primary N) is 1. The van der Waals surface area contributed by atoms with Gasteiger partial charge >= 0.3 is 12.1 Å². The third kappa shape index (κ3) is 8.18. The summed E-state index contributed by atoms with van der Waals surface area (Å²) in [5.41, 5.74) is 13.9. The van der Waals surface area contributed by atoms with E-state index in [4.69, 9.17) is 20.1 Å². The molecule has 2 aromatic carbocycles. The molecule has 3 heterocycles. The van der Waals surface area contributed by atoms with Gasteiger partial charge in [0.05, 0.1) is 12.8 Å². The zero-order valence-corrected chi connectivity index (χ0v) is 24.9. The Hall–Kier alpha value is -5.67. The number of rotatable bonds is 5. The molecular formula is C32H34N6O5. The van der Waals surface area contributed by atoms with Crippen LogP contribution < -0.4 is 11.1 Å². The minimum Gasteiger partial charge on any atom is -0.464 e. The molecule has 5 rings (SSSR count). The number of methoxy groups -OCH3 is 1. The van der Waals surface area contributed by atoms with E-state index in [1.165, 1.54) is 23.9 Å². The Bertz CT molecular complexity index is 1720. The molecule has 43 heavy (non-hydrogen) atoms. The lowest BCUT2D eigenvalue weighted by atomic mass is 10.1. The van der Waals surface area contributed by atoms with Crippen LogP contribution in [-0.2, 0) is 35.5 Å². The van der Waals surface area contributed by atoms with E-state index in [2.05, 4.69) is 41.1 Å². The molecule has 5 aromatic rings. The van der Waals surface area contributed by atoms with Crippen molar-refractivity contribution < 1.29 is 23.9 Å². The topological polar surface area (TPSA) is 143 Å².